The first-order chi connectivity index (χ1) is 6.08. The normalized spacial score (nSPS) is 49.6. The molecule has 13 heavy (non-hydrogen) atoms. The molecule has 0 N–H and O–H groups in total. The van der Waals surface area contributed by atoms with Crippen molar-refractivity contribution >= 4 is 0 Å². The lowest BCUT2D eigenvalue weighted by Gasteiger charge is -2.27. The SMILES string of the molecule is CCCC1(C)OC2(C)CCCC1O2. The molecule has 3 atom stereocenters. The average Bonchev–Trinajstić information content (AvgIpc) is 2.19. The van der Waals surface area contributed by atoms with Gasteiger partial charge in [-0.15, -0.1) is 0 Å². The lowest BCUT2D eigenvalue weighted by Crippen LogP contribution is -2.35. The highest BCUT2D eigenvalue weighted by Gasteiger charge is 2.53. The van der Waals surface area contributed by atoms with Gasteiger partial charge < -0.3 is 9.47 Å². The summed E-state index contributed by atoms with van der Waals surface area (Å²) in [5.41, 5.74) is -0.0139. The van der Waals surface area contributed by atoms with Gasteiger partial charge in [-0.05, 0) is 33.1 Å². The first kappa shape index (κ1) is 9.47. The van der Waals surface area contributed by atoms with Gasteiger partial charge in [0, 0.05) is 6.42 Å². The Morgan fingerprint density at radius 1 is 1.38 bits per heavy atom. The molecule has 0 saturated carbocycles. The van der Waals surface area contributed by atoms with Crippen LogP contribution in [0.1, 0.15) is 52.9 Å². The van der Waals surface area contributed by atoms with Gasteiger partial charge in [0.25, 0.3) is 0 Å². The fourth-order valence-corrected chi connectivity index (χ4v) is 2.80. The lowest BCUT2D eigenvalue weighted by molar-refractivity contribution is -0.188. The molecule has 0 spiro atoms. The molecule has 0 amide bonds. The minimum absolute atomic E-state index is 0.0139. The minimum Gasteiger partial charge on any atom is -0.344 e. The first-order valence-electron chi connectivity index (χ1n) is 5.46. The second-order valence-corrected chi connectivity index (χ2v) is 4.80. The zero-order chi connectivity index (χ0) is 9.53. The molecule has 0 radical (unpaired) electrons. The largest absolute Gasteiger partial charge is 0.344 e. The Kier molecular flexibility index (Phi) is 2.16. The predicted molar refractivity (Wildman–Crippen MR) is 51.5 cm³/mol. The lowest BCUT2D eigenvalue weighted by atomic mass is 9.90. The quantitative estimate of drug-likeness (QED) is 0.657. The maximum atomic E-state index is 6.08. The Morgan fingerprint density at radius 2 is 2.15 bits per heavy atom. The first-order valence-corrected chi connectivity index (χ1v) is 5.46. The number of hydrogen-bond acceptors (Lipinski definition) is 2. The van der Waals surface area contributed by atoms with Crippen molar-refractivity contribution in [3.63, 3.8) is 0 Å². The van der Waals surface area contributed by atoms with Crippen LogP contribution in [-0.2, 0) is 9.47 Å². The van der Waals surface area contributed by atoms with E-state index in [0.29, 0.717) is 6.10 Å². The molecule has 2 bridgehead atoms. The van der Waals surface area contributed by atoms with Crippen molar-refractivity contribution < 1.29 is 9.47 Å². The summed E-state index contributed by atoms with van der Waals surface area (Å²) in [4.78, 5) is 0. The van der Waals surface area contributed by atoms with Crippen molar-refractivity contribution in [2.45, 2.75) is 70.4 Å². The molecule has 2 heteroatoms. The van der Waals surface area contributed by atoms with Crippen molar-refractivity contribution in [1.82, 2.24) is 0 Å². The summed E-state index contributed by atoms with van der Waals surface area (Å²) < 4.78 is 12.0. The molecule has 2 saturated heterocycles. The number of ether oxygens (including phenoxy) is 2. The zero-order valence-electron chi connectivity index (χ0n) is 8.93. The van der Waals surface area contributed by atoms with Gasteiger partial charge in [-0.1, -0.05) is 13.3 Å². The van der Waals surface area contributed by atoms with E-state index < -0.39 is 0 Å². The third kappa shape index (κ3) is 1.50. The monoisotopic (exact) mass is 184 g/mol. The topological polar surface area (TPSA) is 18.5 Å². The summed E-state index contributed by atoms with van der Waals surface area (Å²) in [6.07, 6.45) is 6.11. The van der Waals surface area contributed by atoms with Crippen molar-refractivity contribution in [3.8, 4) is 0 Å². The molecular formula is C11H20O2. The Labute approximate surface area is 80.6 Å². The van der Waals surface area contributed by atoms with Crippen LogP contribution in [-0.4, -0.2) is 17.5 Å². The van der Waals surface area contributed by atoms with E-state index in [1.54, 1.807) is 0 Å². The van der Waals surface area contributed by atoms with Crippen LogP contribution in [0.25, 0.3) is 0 Å². The van der Waals surface area contributed by atoms with E-state index >= 15 is 0 Å². The van der Waals surface area contributed by atoms with Crippen LogP contribution in [0.2, 0.25) is 0 Å². The molecule has 0 aromatic carbocycles. The van der Waals surface area contributed by atoms with E-state index in [0.717, 1.165) is 12.8 Å². The van der Waals surface area contributed by atoms with Gasteiger partial charge >= 0.3 is 0 Å². The van der Waals surface area contributed by atoms with E-state index in [1.165, 1.54) is 19.3 Å². The van der Waals surface area contributed by atoms with Gasteiger partial charge in [0.05, 0.1) is 11.7 Å². The standard InChI is InChI=1S/C11H20O2/c1-4-7-10(2)9-6-5-8-11(3,12-9)13-10/h9H,4-8H2,1-3H3. The smallest absolute Gasteiger partial charge is 0.166 e. The van der Waals surface area contributed by atoms with Crippen LogP contribution in [0, 0.1) is 0 Å². The number of fused-ring (bicyclic) bond motifs is 2. The van der Waals surface area contributed by atoms with Gasteiger partial charge in [0.2, 0.25) is 0 Å². The van der Waals surface area contributed by atoms with Crippen LogP contribution >= 0.6 is 0 Å². The summed E-state index contributed by atoms with van der Waals surface area (Å²) in [6.45, 7) is 6.50. The summed E-state index contributed by atoms with van der Waals surface area (Å²) in [5, 5.41) is 0. The van der Waals surface area contributed by atoms with Crippen LogP contribution in [0.3, 0.4) is 0 Å². The van der Waals surface area contributed by atoms with Gasteiger partial charge in [0.15, 0.2) is 5.79 Å². The molecule has 2 rings (SSSR count). The van der Waals surface area contributed by atoms with Crippen LogP contribution in [0.5, 0.6) is 0 Å². The Morgan fingerprint density at radius 3 is 2.77 bits per heavy atom. The summed E-state index contributed by atoms with van der Waals surface area (Å²) in [7, 11) is 0. The van der Waals surface area contributed by atoms with Crippen LogP contribution in [0.4, 0.5) is 0 Å². The second-order valence-electron chi connectivity index (χ2n) is 4.80. The Balaban J connectivity index is 2.15. The molecule has 0 aromatic rings. The third-order valence-corrected chi connectivity index (χ3v) is 3.37. The van der Waals surface area contributed by atoms with Crippen molar-refractivity contribution in [2.24, 2.45) is 0 Å². The van der Waals surface area contributed by atoms with E-state index in [9.17, 15) is 0 Å². The number of hydrogen-bond donors (Lipinski definition) is 0. The zero-order valence-corrected chi connectivity index (χ0v) is 8.93. The van der Waals surface area contributed by atoms with Crippen molar-refractivity contribution in [3.05, 3.63) is 0 Å². The van der Waals surface area contributed by atoms with Crippen molar-refractivity contribution in [1.29, 1.82) is 0 Å². The fraction of sp³-hybridized carbons (Fsp3) is 1.00. The predicted octanol–water partition coefficient (Wildman–Crippen LogP) is 2.86. The fourth-order valence-electron chi connectivity index (χ4n) is 2.80. The maximum absolute atomic E-state index is 6.08. The second kappa shape index (κ2) is 2.96. The third-order valence-electron chi connectivity index (χ3n) is 3.37. The summed E-state index contributed by atoms with van der Waals surface area (Å²) in [6, 6.07) is 0. The number of rotatable bonds is 2. The average molecular weight is 184 g/mol. The highest BCUT2D eigenvalue weighted by molar-refractivity contribution is 4.96. The molecule has 0 aromatic heterocycles. The maximum Gasteiger partial charge on any atom is 0.166 e. The molecule has 2 fully saturated rings. The Hall–Kier alpha value is -0.0800. The summed E-state index contributed by atoms with van der Waals surface area (Å²) >= 11 is 0. The molecule has 0 aliphatic carbocycles. The Bertz CT molecular complexity index is 204. The van der Waals surface area contributed by atoms with Gasteiger partial charge in [0.1, 0.15) is 0 Å². The van der Waals surface area contributed by atoms with Crippen molar-refractivity contribution in [2.75, 3.05) is 0 Å². The molecular weight excluding hydrogens is 164 g/mol. The molecule has 2 nitrogen and oxygen atoms in total. The highest BCUT2D eigenvalue weighted by atomic mass is 16.8. The van der Waals surface area contributed by atoms with E-state index in [-0.39, 0.29) is 11.4 Å². The minimum atomic E-state index is -0.271. The van der Waals surface area contributed by atoms with E-state index in [2.05, 4.69) is 20.8 Å². The van der Waals surface area contributed by atoms with E-state index in [4.69, 9.17) is 9.47 Å². The molecule has 3 unspecified atom stereocenters. The summed E-state index contributed by atoms with van der Waals surface area (Å²) in [5.74, 6) is -0.271. The van der Waals surface area contributed by atoms with Crippen LogP contribution < -0.4 is 0 Å². The van der Waals surface area contributed by atoms with Gasteiger partial charge in [-0.2, -0.15) is 0 Å². The molecule has 2 aliphatic heterocycles. The highest BCUT2D eigenvalue weighted by Crippen LogP contribution is 2.47. The van der Waals surface area contributed by atoms with E-state index in [1.807, 2.05) is 0 Å². The molecule has 2 heterocycles. The molecule has 2 aliphatic rings. The molecule has 76 valence electrons. The van der Waals surface area contributed by atoms with Gasteiger partial charge in [-0.3, -0.25) is 0 Å². The van der Waals surface area contributed by atoms with Crippen LogP contribution in [0.15, 0.2) is 0 Å². The van der Waals surface area contributed by atoms with Gasteiger partial charge in [-0.25, -0.2) is 0 Å².